The van der Waals surface area contributed by atoms with Crippen molar-refractivity contribution in [3.63, 3.8) is 0 Å². The van der Waals surface area contributed by atoms with Crippen LogP contribution in [0.5, 0.6) is 0 Å². The largest absolute Gasteiger partial charge is 0.451 e. The monoisotopic (exact) mass is 286 g/mol. The van der Waals surface area contributed by atoms with E-state index in [2.05, 4.69) is 5.32 Å². The summed E-state index contributed by atoms with van der Waals surface area (Å²) in [6.07, 6.45) is 2.01. The van der Waals surface area contributed by atoms with Crippen LogP contribution in [0.2, 0.25) is 0 Å². The minimum Gasteiger partial charge on any atom is -0.451 e. The van der Waals surface area contributed by atoms with Gasteiger partial charge < -0.3 is 14.6 Å². The van der Waals surface area contributed by atoms with Gasteiger partial charge >= 0.3 is 0 Å². The number of benzene rings is 1. The first-order chi connectivity index (χ1) is 10.2. The Hall–Kier alpha value is -2.14. The first-order valence-corrected chi connectivity index (χ1v) is 7.17. The van der Waals surface area contributed by atoms with Crippen LogP contribution in [0.15, 0.2) is 39.5 Å². The molecule has 3 rings (SSSR count). The van der Waals surface area contributed by atoms with Crippen LogP contribution >= 0.6 is 0 Å². The Morgan fingerprint density at radius 3 is 2.95 bits per heavy atom. The third-order valence-electron chi connectivity index (χ3n) is 3.98. The van der Waals surface area contributed by atoms with E-state index in [-0.39, 0.29) is 23.1 Å². The van der Waals surface area contributed by atoms with E-state index in [1.807, 2.05) is 0 Å². The molecule has 1 aliphatic rings. The van der Waals surface area contributed by atoms with Crippen molar-refractivity contribution < 1.29 is 9.21 Å². The molecule has 2 heterocycles. The number of likely N-dealkylation sites (N-methyl/N-ethyl adjacent to an activating group) is 1. The summed E-state index contributed by atoms with van der Waals surface area (Å²) in [5.74, 6) is -0.140. The molecule has 1 amide bonds. The first-order valence-electron chi connectivity index (χ1n) is 7.17. The predicted molar refractivity (Wildman–Crippen MR) is 80.5 cm³/mol. The van der Waals surface area contributed by atoms with E-state index in [1.165, 1.54) is 6.07 Å². The van der Waals surface area contributed by atoms with Crippen LogP contribution in [0.4, 0.5) is 0 Å². The molecule has 2 aromatic rings. The number of nitrogens with zero attached hydrogens (tertiary/aromatic N) is 1. The number of nitrogens with one attached hydrogen (secondary N) is 1. The summed E-state index contributed by atoms with van der Waals surface area (Å²) >= 11 is 0. The third kappa shape index (κ3) is 2.69. The fourth-order valence-electron chi connectivity index (χ4n) is 2.71. The van der Waals surface area contributed by atoms with E-state index < -0.39 is 0 Å². The number of hydrogen-bond donors (Lipinski definition) is 1. The SMILES string of the molecule is CN(C(=O)c1cc(=O)c2ccccc2o1)C1CCCNC1. The molecule has 5 nitrogen and oxygen atoms in total. The van der Waals surface area contributed by atoms with Gasteiger partial charge in [0.1, 0.15) is 5.58 Å². The van der Waals surface area contributed by atoms with Crippen LogP contribution in [0.1, 0.15) is 23.4 Å². The average Bonchev–Trinajstić information content (AvgIpc) is 2.54. The molecule has 1 saturated heterocycles. The summed E-state index contributed by atoms with van der Waals surface area (Å²) in [6.45, 7) is 1.77. The maximum absolute atomic E-state index is 12.5. The molecule has 1 fully saturated rings. The zero-order valence-corrected chi connectivity index (χ0v) is 12.0. The summed E-state index contributed by atoms with van der Waals surface area (Å²) in [7, 11) is 1.76. The Labute approximate surface area is 122 Å². The fraction of sp³-hybridized carbons (Fsp3) is 0.375. The van der Waals surface area contributed by atoms with Crippen molar-refractivity contribution in [2.24, 2.45) is 0 Å². The Kier molecular flexibility index (Phi) is 3.75. The zero-order chi connectivity index (χ0) is 14.8. The van der Waals surface area contributed by atoms with E-state index in [0.717, 1.165) is 25.9 Å². The molecule has 1 aliphatic heterocycles. The lowest BCUT2D eigenvalue weighted by Gasteiger charge is -2.31. The van der Waals surface area contributed by atoms with Gasteiger partial charge in [-0.25, -0.2) is 0 Å². The Bertz CT molecular complexity index is 717. The van der Waals surface area contributed by atoms with Crippen molar-refractivity contribution in [1.82, 2.24) is 10.2 Å². The second kappa shape index (κ2) is 5.69. The highest BCUT2D eigenvalue weighted by Crippen LogP contribution is 2.15. The Morgan fingerprint density at radius 1 is 1.38 bits per heavy atom. The molecular weight excluding hydrogens is 268 g/mol. The minimum absolute atomic E-state index is 0.103. The first kappa shape index (κ1) is 13.8. The van der Waals surface area contributed by atoms with Gasteiger partial charge in [0.25, 0.3) is 5.91 Å². The highest BCUT2D eigenvalue weighted by Gasteiger charge is 2.24. The minimum atomic E-state index is -0.244. The predicted octanol–water partition coefficient (Wildman–Crippen LogP) is 1.62. The lowest BCUT2D eigenvalue weighted by atomic mass is 10.1. The third-order valence-corrected chi connectivity index (χ3v) is 3.98. The van der Waals surface area contributed by atoms with Gasteiger partial charge in [-0.3, -0.25) is 9.59 Å². The van der Waals surface area contributed by atoms with Crippen LogP contribution in [-0.2, 0) is 0 Å². The summed E-state index contributed by atoms with van der Waals surface area (Å²) in [5, 5.41) is 3.77. The summed E-state index contributed by atoms with van der Waals surface area (Å²) in [5.41, 5.74) is 0.263. The molecule has 110 valence electrons. The lowest BCUT2D eigenvalue weighted by Crippen LogP contribution is -2.46. The summed E-state index contributed by atoms with van der Waals surface area (Å²) in [6, 6.07) is 8.40. The Balaban J connectivity index is 1.92. The number of piperidine rings is 1. The molecule has 0 aliphatic carbocycles. The van der Waals surface area contributed by atoms with Crippen molar-refractivity contribution in [2.45, 2.75) is 18.9 Å². The second-order valence-corrected chi connectivity index (χ2v) is 5.39. The number of hydrogen-bond acceptors (Lipinski definition) is 4. The lowest BCUT2D eigenvalue weighted by molar-refractivity contribution is 0.0676. The highest BCUT2D eigenvalue weighted by atomic mass is 16.3. The molecule has 1 atom stereocenters. The van der Waals surface area contributed by atoms with Crippen LogP contribution in [0, 0.1) is 0 Å². The summed E-state index contributed by atoms with van der Waals surface area (Å²) < 4.78 is 5.60. The maximum atomic E-state index is 12.5. The van der Waals surface area contributed by atoms with E-state index in [1.54, 1.807) is 36.2 Å². The van der Waals surface area contributed by atoms with Gasteiger partial charge in [0, 0.05) is 25.7 Å². The quantitative estimate of drug-likeness (QED) is 0.911. The molecule has 0 spiro atoms. The number of para-hydroxylation sites is 1. The second-order valence-electron chi connectivity index (χ2n) is 5.39. The standard InChI is InChI=1S/C16H18N2O3/c1-18(11-5-4-8-17-10-11)16(20)15-9-13(19)12-6-2-3-7-14(12)21-15/h2-3,6-7,9,11,17H,4-5,8,10H2,1H3. The average molecular weight is 286 g/mol. The van der Waals surface area contributed by atoms with Gasteiger partial charge in [0.2, 0.25) is 0 Å². The van der Waals surface area contributed by atoms with Gasteiger partial charge in [-0.2, -0.15) is 0 Å². The van der Waals surface area contributed by atoms with Crippen molar-refractivity contribution >= 4 is 16.9 Å². The molecule has 1 aromatic carbocycles. The highest BCUT2D eigenvalue weighted by molar-refractivity contribution is 5.93. The normalized spacial score (nSPS) is 18.6. The van der Waals surface area contributed by atoms with Crippen LogP contribution in [-0.4, -0.2) is 37.0 Å². The molecule has 0 radical (unpaired) electrons. The molecule has 1 aromatic heterocycles. The number of rotatable bonds is 2. The van der Waals surface area contributed by atoms with Gasteiger partial charge in [-0.15, -0.1) is 0 Å². The van der Waals surface area contributed by atoms with Crippen molar-refractivity contribution in [3.05, 3.63) is 46.3 Å². The molecule has 0 saturated carbocycles. The molecule has 1 N–H and O–H groups in total. The number of amides is 1. The van der Waals surface area contributed by atoms with Gasteiger partial charge in [0.15, 0.2) is 11.2 Å². The fourth-order valence-corrected chi connectivity index (χ4v) is 2.71. The topological polar surface area (TPSA) is 62.6 Å². The van der Waals surface area contributed by atoms with Crippen LogP contribution in [0.3, 0.4) is 0 Å². The van der Waals surface area contributed by atoms with E-state index in [9.17, 15) is 9.59 Å². The molecule has 5 heteroatoms. The van der Waals surface area contributed by atoms with Crippen LogP contribution < -0.4 is 10.7 Å². The maximum Gasteiger partial charge on any atom is 0.289 e. The molecule has 0 bridgehead atoms. The molecular formula is C16H18N2O3. The van der Waals surface area contributed by atoms with E-state index >= 15 is 0 Å². The van der Waals surface area contributed by atoms with Crippen molar-refractivity contribution in [3.8, 4) is 0 Å². The number of fused-ring (bicyclic) bond motifs is 1. The molecule has 21 heavy (non-hydrogen) atoms. The number of carbonyl (C=O) groups excluding carboxylic acids is 1. The van der Waals surface area contributed by atoms with E-state index in [0.29, 0.717) is 11.0 Å². The van der Waals surface area contributed by atoms with Gasteiger partial charge in [0.05, 0.1) is 5.39 Å². The van der Waals surface area contributed by atoms with Gasteiger partial charge in [-0.1, -0.05) is 12.1 Å². The Morgan fingerprint density at radius 2 is 2.19 bits per heavy atom. The van der Waals surface area contributed by atoms with E-state index in [4.69, 9.17) is 4.42 Å². The van der Waals surface area contributed by atoms with Crippen LogP contribution in [0.25, 0.3) is 11.0 Å². The summed E-state index contributed by atoms with van der Waals surface area (Å²) in [4.78, 5) is 26.2. The number of carbonyl (C=O) groups is 1. The van der Waals surface area contributed by atoms with Crippen molar-refractivity contribution in [2.75, 3.05) is 20.1 Å². The zero-order valence-electron chi connectivity index (χ0n) is 12.0. The van der Waals surface area contributed by atoms with Crippen molar-refractivity contribution in [1.29, 1.82) is 0 Å². The smallest absolute Gasteiger partial charge is 0.289 e. The molecule has 1 unspecified atom stereocenters. The van der Waals surface area contributed by atoms with Gasteiger partial charge in [-0.05, 0) is 31.5 Å².